The second-order valence-electron chi connectivity index (χ2n) is 7.77. The van der Waals surface area contributed by atoms with Gasteiger partial charge in [0, 0.05) is 24.9 Å². The Morgan fingerprint density at radius 2 is 2.17 bits per heavy atom. The molecule has 1 saturated heterocycles. The zero-order valence-corrected chi connectivity index (χ0v) is 16.7. The highest BCUT2D eigenvalue weighted by Gasteiger charge is 2.30. The summed E-state index contributed by atoms with van der Waals surface area (Å²) in [4.78, 5) is 33.7. The first-order chi connectivity index (χ1) is 14.7. The molecule has 1 N–H and O–H groups in total. The van der Waals surface area contributed by atoms with Gasteiger partial charge in [-0.3, -0.25) is 9.59 Å². The van der Waals surface area contributed by atoms with Crippen LogP contribution in [0.5, 0.6) is 5.75 Å². The van der Waals surface area contributed by atoms with E-state index in [4.69, 9.17) is 9.47 Å². The summed E-state index contributed by atoms with van der Waals surface area (Å²) >= 11 is 0. The van der Waals surface area contributed by atoms with Crippen molar-refractivity contribution in [2.45, 2.75) is 25.5 Å². The van der Waals surface area contributed by atoms with Crippen molar-refractivity contribution in [3.05, 3.63) is 47.7 Å². The van der Waals surface area contributed by atoms with Crippen molar-refractivity contribution in [1.82, 2.24) is 9.88 Å². The van der Waals surface area contributed by atoms with Gasteiger partial charge in [-0.2, -0.15) is 0 Å². The summed E-state index contributed by atoms with van der Waals surface area (Å²) in [5.41, 5.74) is 2.08. The Hall–Kier alpha value is -3.13. The number of hydrogen-bond acceptors (Lipinski definition) is 6. The first-order valence-corrected chi connectivity index (χ1v) is 10.3. The molecule has 3 aliphatic rings. The van der Waals surface area contributed by atoms with E-state index >= 15 is 0 Å². The first-order valence-electron chi connectivity index (χ1n) is 10.3. The molecule has 0 aliphatic carbocycles. The third-order valence-electron chi connectivity index (χ3n) is 5.76. The van der Waals surface area contributed by atoms with Gasteiger partial charge in [0.1, 0.15) is 18.2 Å². The van der Waals surface area contributed by atoms with Gasteiger partial charge >= 0.3 is 0 Å². The smallest absolute Gasteiger partial charge is 0.255 e. The second-order valence-corrected chi connectivity index (χ2v) is 7.77. The molecule has 0 radical (unpaired) electrons. The van der Waals surface area contributed by atoms with Crippen LogP contribution in [0.15, 0.2) is 36.5 Å². The third kappa shape index (κ3) is 3.59. The number of fused-ring (bicyclic) bond motifs is 2. The molecule has 30 heavy (non-hydrogen) atoms. The Balaban J connectivity index is 1.41. The van der Waals surface area contributed by atoms with E-state index in [1.165, 1.54) is 0 Å². The van der Waals surface area contributed by atoms with E-state index in [1.54, 1.807) is 22.1 Å². The van der Waals surface area contributed by atoms with Crippen molar-refractivity contribution >= 4 is 23.3 Å². The van der Waals surface area contributed by atoms with Gasteiger partial charge in [0.05, 0.1) is 37.0 Å². The highest BCUT2D eigenvalue weighted by Crippen LogP contribution is 2.31. The molecular weight excluding hydrogens is 384 g/mol. The van der Waals surface area contributed by atoms with E-state index in [2.05, 4.69) is 10.3 Å². The summed E-state index contributed by atoms with van der Waals surface area (Å²) in [5, 5.41) is 3.05. The predicted octanol–water partition coefficient (Wildman–Crippen LogP) is 2.05. The van der Waals surface area contributed by atoms with Crippen LogP contribution in [0.3, 0.4) is 0 Å². The van der Waals surface area contributed by atoms with Gasteiger partial charge < -0.3 is 24.6 Å². The molecule has 8 heteroatoms. The van der Waals surface area contributed by atoms with Gasteiger partial charge in [0.25, 0.3) is 5.91 Å². The lowest BCUT2D eigenvalue weighted by atomic mass is 10.1. The van der Waals surface area contributed by atoms with Crippen LogP contribution in [0, 0.1) is 0 Å². The number of para-hydroxylation sites is 1. The summed E-state index contributed by atoms with van der Waals surface area (Å²) in [5.74, 6) is 1.27. The lowest BCUT2D eigenvalue weighted by Crippen LogP contribution is -2.44. The molecule has 0 bridgehead atoms. The van der Waals surface area contributed by atoms with Gasteiger partial charge in [0.2, 0.25) is 5.91 Å². The van der Waals surface area contributed by atoms with E-state index in [0.29, 0.717) is 43.3 Å². The molecule has 1 aromatic carbocycles. The number of aromatic nitrogens is 1. The van der Waals surface area contributed by atoms with Crippen molar-refractivity contribution in [1.29, 1.82) is 0 Å². The number of ether oxygens (including phenoxy) is 2. The molecule has 1 aromatic heterocycles. The van der Waals surface area contributed by atoms with E-state index in [1.807, 2.05) is 24.3 Å². The standard InChI is InChI=1S/C22H24N4O4/c27-20-12-24-21-18(26(20)14-17-5-3-8-29-17)10-16(11-23-21)22(28)25-7-9-30-19-6-2-1-4-15(19)13-25/h1-2,4,6,10-11,17H,3,5,7-9,12-14H2,(H,23,24). The summed E-state index contributed by atoms with van der Waals surface area (Å²) in [6.45, 7) is 2.81. The molecule has 2 amide bonds. The number of rotatable bonds is 3. The Bertz CT molecular complexity index is 973. The lowest BCUT2D eigenvalue weighted by molar-refractivity contribution is -0.117. The second kappa shape index (κ2) is 7.95. The molecule has 4 heterocycles. The summed E-state index contributed by atoms with van der Waals surface area (Å²) in [7, 11) is 0. The predicted molar refractivity (Wildman–Crippen MR) is 111 cm³/mol. The van der Waals surface area contributed by atoms with Gasteiger partial charge in [-0.15, -0.1) is 0 Å². The van der Waals surface area contributed by atoms with Crippen LogP contribution in [-0.4, -0.2) is 60.7 Å². The molecule has 3 aliphatic heterocycles. The van der Waals surface area contributed by atoms with Crippen molar-refractivity contribution < 1.29 is 19.1 Å². The van der Waals surface area contributed by atoms with Gasteiger partial charge in [0.15, 0.2) is 0 Å². The maximum absolute atomic E-state index is 13.3. The average Bonchev–Trinajstić information content (AvgIpc) is 3.19. The van der Waals surface area contributed by atoms with Crippen LogP contribution in [0.4, 0.5) is 11.5 Å². The fourth-order valence-corrected chi connectivity index (χ4v) is 4.17. The molecule has 2 aromatic rings. The Morgan fingerprint density at radius 1 is 1.27 bits per heavy atom. The molecular formula is C22H24N4O4. The third-order valence-corrected chi connectivity index (χ3v) is 5.76. The number of pyridine rings is 1. The van der Waals surface area contributed by atoms with Gasteiger partial charge in [-0.1, -0.05) is 18.2 Å². The van der Waals surface area contributed by atoms with Crippen molar-refractivity contribution in [3.63, 3.8) is 0 Å². The van der Waals surface area contributed by atoms with Crippen LogP contribution in [0.1, 0.15) is 28.8 Å². The number of benzene rings is 1. The maximum Gasteiger partial charge on any atom is 0.255 e. The zero-order valence-electron chi connectivity index (χ0n) is 16.7. The molecule has 1 unspecified atom stereocenters. The molecule has 156 valence electrons. The van der Waals surface area contributed by atoms with Crippen LogP contribution < -0.4 is 15.0 Å². The summed E-state index contributed by atoms with van der Waals surface area (Å²) in [6.07, 6.45) is 3.54. The van der Waals surface area contributed by atoms with Crippen LogP contribution in [0.2, 0.25) is 0 Å². The zero-order chi connectivity index (χ0) is 20.5. The molecule has 0 saturated carbocycles. The summed E-state index contributed by atoms with van der Waals surface area (Å²) in [6, 6.07) is 9.52. The normalized spacial score (nSPS) is 20.7. The topological polar surface area (TPSA) is 84.0 Å². The Morgan fingerprint density at radius 3 is 3.03 bits per heavy atom. The number of amides is 2. The fourth-order valence-electron chi connectivity index (χ4n) is 4.17. The largest absolute Gasteiger partial charge is 0.491 e. The Labute approximate surface area is 174 Å². The molecule has 1 fully saturated rings. The fraction of sp³-hybridized carbons (Fsp3) is 0.409. The van der Waals surface area contributed by atoms with E-state index in [0.717, 1.165) is 30.8 Å². The van der Waals surface area contributed by atoms with Crippen LogP contribution in [0.25, 0.3) is 0 Å². The van der Waals surface area contributed by atoms with Crippen LogP contribution in [-0.2, 0) is 16.1 Å². The average molecular weight is 408 g/mol. The number of anilines is 2. The first kappa shape index (κ1) is 18.9. The molecule has 5 rings (SSSR count). The monoisotopic (exact) mass is 408 g/mol. The van der Waals surface area contributed by atoms with Gasteiger partial charge in [-0.25, -0.2) is 4.98 Å². The van der Waals surface area contributed by atoms with Crippen molar-refractivity contribution in [2.75, 3.05) is 43.1 Å². The SMILES string of the molecule is O=C(c1cnc2c(c1)N(CC1CCCO1)C(=O)CN2)N1CCOc2ccccc2C1. The van der Waals surface area contributed by atoms with Gasteiger partial charge in [-0.05, 0) is 25.0 Å². The number of hydrogen-bond donors (Lipinski definition) is 1. The van der Waals surface area contributed by atoms with Crippen LogP contribution >= 0.6 is 0 Å². The Kier molecular flexibility index (Phi) is 5.00. The molecule has 1 atom stereocenters. The highest BCUT2D eigenvalue weighted by molar-refractivity contribution is 6.04. The van der Waals surface area contributed by atoms with Crippen molar-refractivity contribution in [2.24, 2.45) is 0 Å². The van der Waals surface area contributed by atoms with E-state index in [-0.39, 0.29) is 24.5 Å². The number of carbonyl (C=O) groups excluding carboxylic acids is 2. The molecule has 0 spiro atoms. The van der Waals surface area contributed by atoms with Crippen molar-refractivity contribution in [3.8, 4) is 5.75 Å². The highest BCUT2D eigenvalue weighted by atomic mass is 16.5. The number of nitrogens with one attached hydrogen (secondary N) is 1. The maximum atomic E-state index is 13.3. The lowest BCUT2D eigenvalue weighted by Gasteiger charge is -2.31. The minimum Gasteiger partial charge on any atom is -0.491 e. The molecule has 8 nitrogen and oxygen atoms in total. The number of nitrogens with zero attached hydrogens (tertiary/aromatic N) is 3. The number of carbonyl (C=O) groups is 2. The van der Waals surface area contributed by atoms with E-state index < -0.39 is 0 Å². The minimum absolute atomic E-state index is 0.0264. The minimum atomic E-state index is -0.124. The van der Waals surface area contributed by atoms with E-state index in [9.17, 15) is 9.59 Å². The quantitative estimate of drug-likeness (QED) is 0.837. The summed E-state index contributed by atoms with van der Waals surface area (Å²) < 4.78 is 11.5.